The van der Waals surface area contributed by atoms with Crippen molar-refractivity contribution in [3.8, 4) is 0 Å². The lowest BCUT2D eigenvalue weighted by Gasteiger charge is -2.15. The van der Waals surface area contributed by atoms with E-state index in [-0.39, 0.29) is 0 Å². The average Bonchev–Trinajstić information content (AvgIpc) is 3.07. The summed E-state index contributed by atoms with van der Waals surface area (Å²) in [6.07, 6.45) is 5.91. The lowest BCUT2D eigenvalue weighted by Crippen LogP contribution is -2.25. The van der Waals surface area contributed by atoms with Gasteiger partial charge < -0.3 is 4.90 Å². The number of nitrogens with zero attached hydrogens (tertiary/aromatic N) is 4. The first-order valence-electron chi connectivity index (χ1n) is 7.09. The van der Waals surface area contributed by atoms with Crippen molar-refractivity contribution < 1.29 is 0 Å². The highest BCUT2D eigenvalue weighted by Gasteiger charge is 2.22. The van der Waals surface area contributed by atoms with E-state index in [1.165, 1.54) is 35.1 Å². The fourth-order valence-electron chi connectivity index (χ4n) is 2.87. The third-order valence-electron chi connectivity index (χ3n) is 3.90. The minimum absolute atomic E-state index is 0.795. The summed E-state index contributed by atoms with van der Waals surface area (Å²) in [5.74, 6) is 0.795. The summed E-state index contributed by atoms with van der Waals surface area (Å²) in [5.41, 5.74) is 1.47. The number of hydrogen-bond acceptors (Lipinski definition) is 3. The number of aromatic nitrogens is 3. The molecule has 0 saturated carbocycles. The molecule has 1 fully saturated rings. The first-order chi connectivity index (χ1) is 9.79. The Morgan fingerprint density at radius 1 is 1.30 bits per heavy atom. The van der Waals surface area contributed by atoms with Crippen LogP contribution in [0.15, 0.2) is 36.9 Å². The molecule has 1 saturated heterocycles. The Labute approximate surface area is 133 Å². The molecule has 20 heavy (non-hydrogen) atoms. The molecule has 1 aliphatic rings. The SMILES string of the molecule is Ic1cccc(CC2CCN(CCn3cncn3)C2)c1. The quantitative estimate of drug-likeness (QED) is 0.746. The van der Waals surface area contributed by atoms with Crippen molar-refractivity contribution >= 4 is 22.6 Å². The van der Waals surface area contributed by atoms with Crippen LogP contribution in [0.5, 0.6) is 0 Å². The van der Waals surface area contributed by atoms with Gasteiger partial charge in [-0.1, -0.05) is 12.1 Å². The molecular weight excluding hydrogens is 363 g/mol. The van der Waals surface area contributed by atoms with Gasteiger partial charge >= 0.3 is 0 Å². The molecule has 1 atom stereocenters. The highest BCUT2D eigenvalue weighted by molar-refractivity contribution is 14.1. The van der Waals surface area contributed by atoms with E-state index in [9.17, 15) is 0 Å². The highest BCUT2D eigenvalue weighted by atomic mass is 127. The van der Waals surface area contributed by atoms with Gasteiger partial charge in [-0.25, -0.2) is 4.98 Å². The van der Waals surface area contributed by atoms with Gasteiger partial charge in [0.05, 0.1) is 6.54 Å². The van der Waals surface area contributed by atoms with Crippen molar-refractivity contribution in [2.45, 2.75) is 19.4 Å². The van der Waals surface area contributed by atoms with Crippen molar-refractivity contribution in [1.29, 1.82) is 0 Å². The van der Waals surface area contributed by atoms with Gasteiger partial charge in [-0.3, -0.25) is 4.68 Å². The van der Waals surface area contributed by atoms with E-state index < -0.39 is 0 Å². The average molecular weight is 382 g/mol. The van der Waals surface area contributed by atoms with Gasteiger partial charge in [0.15, 0.2) is 0 Å². The number of rotatable bonds is 5. The van der Waals surface area contributed by atoms with Crippen LogP contribution in [0.4, 0.5) is 0 Å². The summed E-state index contributed by atoms with van der Waals surface area (Å²) in [7, 11) is 0. The van der Waals surface area contributed by atoms with Gasteiger partial charge in [0, 0.05) is 16.7 Å². The Morgan fingerprint density at radius 3 is 3.05 bits per heavy atom. The third-order valence-corrected chi connectivity index (χ3v) is 4.57. The van der Waals surface area contributed by atoms with Gasteiger partial charge in [-0.2, -0.15) is 5.10 Å². The minimum Gasteiger partial charge on any atom is -0.301 e. The summed E-state index contributed by atoms with van der Waals surface area (Å²) in [6.45, 7) is 4.44. The second-order valence-corrected chi connectivity index (χ2v) is 6.69. The van der Waals surface area contributed by atoms with Crippen molar-refractivity contribution in [2.24, 2.45) is 5.92 Å². The molecule has 1 unspecified atom stereocenters. The van der Waals surface area contributed by atoms with Crippen LogP contribution in [0.25, 0.3) is 0 Å². The van der Waals surface area contributed by atoms with E-state index >= 15 is 0 Å². The standard InChI is InChI=1S/C15H19IN4/c16-15-3-1-2-13(9-15)8-14-4-5-19(10-14)6-7-20-12-17-11-18-20/h1-3,9,11-12,14H,4-8,10H2. The molecular formula is C15H19IN4. The first-order valence-corrected chi connectivity index (χ1v) is 8.17. The second-order valence-electron chi connectivity index (χ2n) is 5.45. The molecule has 3 rings (SSSR count). The van der Waals surface area contributed by atoms with Crippen LogP contribution >= 0.6 is 22.6 Å². The Bertz CT molecular complexity index is 541. The molecule has 1 aliphatic heterocycles. The maximum atomic E-state index is 4.15. The Balaban J connectivity index is 1.47. The summed E-state index contributed by atoms with van der Waals surface area (Å²) < 4.78 is 3.24. The van der Waals surface area contributed by atoms with Crippen molar-refractivity contribution in [1.82, 2.24) is 19.7 Å². The van der Waals surface area contributed by atoms with Gasteiger partial charge in [-0.05, 0) is 65.6 Å². The van der Waals surface area contributed by atoms with Crippen LogP contribution in [0.1, 0.15) is 12.0 Å². The summed E-state index contributed by atoms with van der Waals surface area (Å²) >= 11 is 2.39. The lowest BCUT2D eigenvalue weighted by molar-refractivity contribution is 0.303. The van der Waals surface area contributed by atoms with Crippen LogP contribution in [0, 0.1) is 9.49 Å². The molecule has 5 heteroatoms. The zero-order valence-electron chi connectivity index (χ0n) is 11.5. The van der Waals surface area contributed by atoms with Crippen LogP contribution in [0.2, 0.25) is 0 Å². The normalized spacial score (nSPS) is 19.6. The van der Waals surface area contributed by atoms with E-state index in [1.54, 1.807) is 12.7 Å². The van der Waals surface area contributed by atoms with Crippen LogP contribution in [-0.4, -0.2) is 39.3 Å². The molecule has 106 valence electrons. The lowest BCUT2D eigenvalue weighted by atomic mass is 9.99. The van der Waals surface area contributed by atoms with E-state index in [0.29, 0.717) is 0 Å². The summed E-state index contributed by atoms with van der Waals surface area (Å²) in [5, 5.41) is 4.15. The maximum absolute atomic E-state index is 4.15. The predicted octanol–water partition coefficient (Wildman–Crippen LogP) is 2.45. The van der Waals surface area contributed by atoms with Crippen molar-refractivity contribution in [2.75, 3.05) is 19.6 Å². The topological polar surface area (TPSA) is 34.0 Å². The van der Waals surface area contributed by atoms with Crippen LogP contribution in [0.3, 0.4) is 0 Å². The first kappa shape index (κ1) is 14.0. The number of halogens is 1. The molecule has 0 aliphatic carbocycles. The molecule has 1 aromatic heterocycles. The van der Waals surface area contributed by atoms with Crippen molar-refractivity contribution in [3.05, 3.63) is 46.1 Å². The van der Waals surface area contributed by atoms with E-state index in [1.807, 2.05) is 4.68 Å². The molecule has 0 radical (unpaired) electrons. The molecule has 0 amide bonds. The maximum Gasteiger partial charge on any atom is 0.137 e. The minimum atomic E-state index is 0.795. The fraction of sp³-hybridized carbons (Fsp3) is 0.467. The van der Waals surface area contributed by atoms with E-state index in [4.69, 9.17) is 0 Å². The molecule has 2 heterocycles. The largest absolute Gasteiger partial charge is 0.301 e. The third kappa shape index (κ3) is 3.79. The Morgan fingerprint density at radius 2 is 2.25 bits per heavy atom. The number of hydrogen-bond donors (Lipinski definition) is 0. The van der Waals surface area contributed by atoms with Crippen LogP contribution in [-0.2, 0) is 13.0 Å². The zero-order valence-corrected chi connectivity index (χ0v) is 13.6. The van der Waals surface area contributed by atoms with Crippen LogP contribution < -0.4 is 0 Å². The predicted molar refractivity (Wildman–Crippen MR) is 87.4 cm³/mol. The number of benzene rings is 1. The second kappa shape index (κ2) is 6.67. The summed E-state index contributed by atoms with van der Waals surface area (Å²) in [6, 6.07) is 8.87. The molecule has 0 N–H and O–H groups in total. The highest BCUT2D eigenvalue weighted by Crippen LogP contribution is 2.21. The van der Waals surface area contributed by atoms with Gasteiger partial charge in [0.1, 0.15) is 12.7 Å². The smallest absolute Gasteiger partial charge is 0.137 e. The number of likely N-dealkylation sites (tertiary alicyclic amines) is 1. The molecule has 4 nitrogen and oxygen atoms in total. The molecule has 1 aromatic carbocycles. The Hall–Kier alpha value is -0.950. The molecule has 0 bridgehead atoms. The van der Waals surface area contributed by atoms with E-state index in [0.717, 1.165) is 19.0 Å². The van der Waals surface area contributed by atoms with E-state index in [2.05, 4.69) is 61.8 Å². The van der Waals surface area contributed by atoms with Gasteiger partial charge in [-0.15, -0.1) is 0 Å². The molecule has 0 spiro atoms. The Kier molecular flexibility index (Phi) is 4.67. The van der Waals surface area contributed by atoms with Gasteiger partial charge in [0.25, 0.3) is 0 Å². The molecule has 2 aromatic rings. The zero-order chi connectivity index (χ0) is 13.8. The monoisotopic (exact) mass is 382 g/mol. The van der Waals surface area contributed by atoms with Gasteiger partial charge in [0.2, 0.25) is 0 Å². The fourth-order valence-corrected chi connectivity index (χ4v) is 3.48. The summed E-state index contributed by atoms with van der Waals surface area (Å²) in [4.78, 5) is 6.52. The van der Waals surface area contributed by atoms with Crippen molar-refractivity contribution in [3.63, 3.8) is 0 Å².